The van der Waals surface area contributed by atoms with Crippen LogP contribution in [0.4, 0.5) is 0 Å². The van der Waals surface area contributed by atoms with E-state index in [4.69, 9.17) is 4.74 Å². The third-order valence-electron chi connectivity index (χ3n) is 3.55. The van der Waals surface area contributed by atoms with Crippen molar-refractivity contribution in [1.82, 2.24) is 0 Å². The Bertz CT molecular complexity index is 147. The zero-order chi connectivity index (χ0) is 10.4. The van der Waals surface area contributed by atoms with E-state index in [1.807, 2.05) is 0 Å². The monoisotopic (exact) mass is 200 g/mol. The molecule has 84 valence electrons. The number of aliphatic hydroxyl groups is 1. The van der Waals surface area contributed by atoms with Gasteiger partial charge in [0.1, 0.15) is 0 Å². The van der Waals surface area contributed by atoms with E-state index in [0.29, 0.717) is 5.92 Å². The minimum atomic E-state index is -0.0466. The first-order valence-corrected chi connectivity index (χ1v) is 5.95. The third-order valence-corrected chi connectivity index (χ3v) is 3.55. The van der Waals surface area contributed by atoms with Crippen LogP contribution in [-0.4, -0.2) is 24.9 Å². The molecule has 0 aromatic rings. The van der Waals surface area contributed by atoms with Crippen molar-refractivity contribution < 1.29 is 9.84 Å². The van der Waals surface area contributed by atoms with Crippen LogP contribution >= 0.6 is 0 Å². The predicted octanol–water partition coefficient (Wildman–Crippen LogP) is 2.60. The lowest BCUT2D eigenvalue weighted by molar-refractivity contribution is 0.0382. The van der Waals surface area contributed by atoms with Crippen LogP contribution in [0.3, 0.4) is 0 Å². The molecule has 0 aromatic carbocycles. The first-order chi connectivity index (χ1) is 6.77. The van der Waals surface area contributed by atoms with Gasteiger partial charge >= 0.3 is 0 Å². The van der Waals surface area contributed by atoms with Gasteiger partial charge in [-0.2, -0.15) is 0 Å². The van der Waals surface area contributed by atoms with Crippen molar-refractivity contribution >= 4 is 0 Å². The minimum Gasteiger partial charge on any atom is -0.393 e. The highest BCUT2D eigenvalue weighted by Crippen LogP contribution is 2.33. The molecule has 1 aliphatic carbocycles. The molecular weight excluding hydrogens is 176 g/mol. The average molecular weight is 200 g/mol. The topological polar surface area (TPSA) is 29.5 Å². The summed E-state index contributed by atoms with van der Waals surface area (Å²) in [5.74, 6) is 1.38. The van der Waals surface area contributed by atoms with Gasteiger partial charge in [-0.3, -0.25) is 0 Å². The molecule has 2 heteroatoms. The lowest BCUT2D eigenvalue weighted by atomic mass is 9.76. The molecule has 0 saturated heterocycles. The van der Waals surface area contributed by atoms with E-state index in [-0.39, 0.29) is 6.10 Å². The van der Waals surface area contributed by atoms with Gasteiger partial charge in [0.05, 0.1) is 6.10 Å². The summed E-state index contributed by atoms with van der Waals surface area (Å²) in [6.45, 7) is 3.09. The Labute approximate surface area is 87.7 Å². The number of aliphatic hydroxyl groups excluding tert-OH is 1. The van der Waals surface area contributed by atoms with Gasteiger partial charge in [0.15, 0.2) is 0 Å². The molecule has 0 bridgehead atoms. The average Bonchev–Trinajstić information content (AvgIpc) is 2.21. The van der Waals surface area contributed by atoms with Crippen LogP contribution in [-0.2, 0) is 4.74 Å². The van der Waals surface area contributed by atoms with Gasteiger partial charge in [0, 0.05) is 13.7 Å². The van der Waals surface area contributed by atoms with Crippen LogP contribution in [0.2, 0.25) is 0 Å². The molecule has 1 fully saturated rings. The van der Waals surface area contributed by atoms with Gasteiger partial charge in [-0.05, 0) is 43.9 Å². The van der Waals surface area contributed by atoms with Crippen molar-refractivity contribution in [2.24, 2.45) is 11.8 Å². The molecule has 3 atom stereocenters. The highest BCUT2D eigenvalue weighted by Gasteiger charge is 2.27. The molecule has 1 aliphatic rings. The second-order valence-corrected chi connectivity index (χ2v) is 4.55. The molecule has 1 rings (SSSR count). The van der Waals surface area contributed by atoms with E-state index in [9.17, 15) is 5.11 Å². The van der Waals surface area contributed by atoms with E-state index in [0.717, 1.165) is 31.8 Å². The SMILES string of the molecule is CCC1CCC(O)C(CCCOC)C1. The summed E-state index contributed by atoms with van der Waals surface area (Å²) in [7, 11) is 1.74. The Morgan fingerprint density at radius 1 is 1.36 bits per heavy atom. The summed E-state index contributed by atoms with van der Waals surface area (Å²) < 4.78 is 5.04. The van der Waals surface area contributed by atoms with Gasteiger partial charge in [-0.15, -0.1) is 0 Å². The normalized spacial score (nSPS) is 33.2. The zero-order valence-electron chi connectivity index (χ0n) is 9.54. The van der Waals surface area contributed by atoms with Crippen molar-refractivity contribution in [1.29, 1.82) is 0 Å². The number of methoxy groups -OCH3 is 1. The fourth-order valence-corrected chi connectivity index (χ4v) is 2.52. The fourth-order valence-electron chi connectivity index (χ4n) is 2.52. The van der Waals surface area contributed by atoms with Crippen molar-refractivity contribution in [3.05, 3.63) is 0 Å². The Hall–Kier alpha value is -0.0800. The van der Waals surface area contributed by atoms with Crippen molar-refractivity contribution in [3.63, 3.8) is 0 Å². The Kier molecular flexibility index (Phi) is 5.49. The van der Waals surface area contributed by atoms with Gasteiger partial charge in [0.25, 0.3) is 0 Å². The number of hydrogen-bond acceptors (Lipinski definition) is 2. The van der Waals surface area contributed by atoms with Gasteiger partial charge in [-0.25, -0.2) is 0 Å². The highest BCUT2D eigenvalue weighted by molar-refractivity contribution is 4.79. The Balaban J connectivity index is 2.25. The Morgan fingerprint density at radius 3 is 2.79 bits per heavy atom. The molecule has 0 spiro atoms. The largest absolute Gasteiger partial charge is 0.393 e. The predicted molar refractivity (Wildman–Crippen MR) is 58.2 cm³/mol. The lowest BCUT2D eigenvalue weighted by Gasteiger charge is -2.32. The van der Waals surface area contributed by atoms with Crippen LogP contribution in [0.25, 0.3) is 0 Å². The van der Waals surface area contributed by atoms with Crippen LogP contribution in [0, 0.1) is 11.8 Å². The molecule has 0 radical (unpaired) electrons. The van der Waals surface area contributed by atoms with Crippen molar-refractivity contribution in [2.75, 3.05) is 13.7 Å². The summed E-state index contributed by atoms with van der Waals surface area (Å²) in [5, 5.41) is 9.84. The van der Waals surface area contributed by atoms with Crippen LogP contribution in [0.5, 0.6) is 0 Å². The quantitative estimate of drug-likeness (QED) is 0.691. The zero-order valence-corrected chi connectivity index (χ0v) is 9.54. The minimum absolute atomic E-state index is 0.0466. The number of ether oxygens (including phenoxy) is 1. The summed E-state index contributed by atoms with van der Waals surface area (Å²) >= 11 is 0. The molecule has 2 nitrogen and oxygen atoms in total. The molecule has 0 heterocycles. The molecule has 0 aromatic heterocycles. The maximum Gasteiger partial charge on any atom is 0.0568 e. The molecule has 1 N–H and O–H groups in total. The van der Waals surface area contributed by atoms with Crippen LogP contribution < -0.4 is 0 Å². The summed E-state index contributed by atoms with van der Waals surface area (Å²) in [6.07, 6.45) is 6.90. The molecular formula is C12H24O2. The maximum absolute atomic E-state index is 9.84. The van der Waals surface area contributed by atoms with Crippen LogP contribution in [0.1, 0.15) is 45.4 Å². The molecule has 14 heavy (non-hydrogen) atoms. The van der Waals surface area contributed by atoms with E-state index >= 15 is 0 Å². The van der Waals surface area contributed by atoms with Gasteiger partial charge in [0.2, 0.25) is 0 Å². The second kappa shape index (κ2) is 6.41. The first kappa shape index (κ1) is 12.0. The van der Waals surface area contributed by atoms with Crippen molar-refractivity contribution in [3.8, 4) is 0 Å². The third kappa shape index (κ3) is 3.58. The number of rotatable bonds is 5. The van der Waals surface area contributed by atoms with Gasteiger partial charge < -0.3 is 9.84 Å². The summed E-state index contributed by atoms with van der Waals surface area (Å²) in [5.41, 5.74) is 0. The van der Waals surface area contributed by atoms with E-state index < -0.39 is 0 Å². The lowest BCUT2D eigenvalue weighted by Crippen LogP contribution is -2.29. The van der Waals surface area contributed by atoms with Crippen LogP contribution in [0.15, 0.2) is 0 Å². The standard InChI is InChI=1S/C12H24O2/c1-3-10-6-7-12(13)11(9-10)5-4-8-14-2/h10-13H,3-9H2,1-2H3. The van der Waals surface area contributed by atoms with E-state index in [1.165, 1.54) is 19.3 Å². The smallest absolute Gasteiger partial charge is 0.0568 e. The van der Waals surface area contributed by atoms with E-state index in [1.54, 1.807) is 7.11 Å². The molecule has 1 saturated carbocycles. The summed E-state index contributed by atoms with van der Waals surface area (Å²) in [4.78, 5) is 0. The first-order valence-electron chi connectivity index (χ1n) is 5.95. The summed E-state index contributed by atoms with van der Waals surface area (Å²) in [6, 6.07) is 0. The molecule has 0 amide bonds. The van der Waals surface area contributed by atoms with Gasteiger partial charge in [-0.1, -0.05) is 13.3 Å². The highest BCUT2D eigenvalue weighted by atomic mass is 16.5. The molecule has 3 unspecified atom stereocenters. The molecule has 0 aliphatic heterocycles. The second-order valence-electron chi connectivity index (χ2n) is 4.55. The van der Waals surface area contributed by atoms with E-state index in [2.05, 4.69) is 6.92 Å². The van der Waals surface area contributed by atoms with Crippen molar-refractivity contribution in [2.45, 2.75) is 51.6 Å². The number of hydrogen-bond donors (Lipinski definition) is 1. The fraction of sp³-hybridized carbons (Fsp3) is 1.00. The maximum atomic E-state index is 9.84. The Morgan fingerprint density at radius 2 is 2.14 bits per heavy atom.